The third-order valence-corrected chi connectivity index (χ3v) is 3.83. The lowest BCUT2D eigenvalue weighted by atomic mass is 10.2. The van der Waals surface area contributed by atoms with Gasteiger partial charge in [-0.15, -0.1) is 5.10 Å². The Morgan fingerprint density at radius 3 is 2.56 bits per heavy atom. The average Bonchev–Trinajstić information content (AvgIpc) is 3.30. The number of benzene rings is 2. The molecule has 0 radical (unpaired) electrons. The molecule has 0 saturated heterocycles. The predicted octanol–water partition coefficient (Wildman–Crippen LogP) is 3.10. The Morgan fingerprint density at radius 1 is 1.11 bits per heavy atom. The summed E-state index contributed by atoms with van der Waals surface area (Å²) in [6, 6.07) is 13.0. The molecule has 0 aliphatic rings. The second-order valence-electron chi connectivity index (χ2n) is 5.59. The van der Waals surface area contributed by atoms with Crippen molar-refractivity contribution in [3.05, 3.63) is 54.3 Å². The summed E-state index contributed by atoms with van der Waals surface area (Å²) in [6.45, 7) is 2.51. The van der Waals surface area contributed by atoms with E-state index in [4.69, 9.17) is 15.0 Å². The van der Waals surface area contributed by atoms with Gasteiger partial charge in [-0.2, -0.15) is 9.67 Å². The highest BCUT2D eigenvalue weighted by molar-refractivity contribution is 5.66. The lowest BCUT2D eigenvalue weighted by molar-refractivity contribution is 0.340. The molecule has 0 spiro atoms. The van der Waals surface area contributed by atoms with Crippen LogP contribution in [0, 0.1) is 5.82 Å². The molecule has 9 heteroatoms. The van der Waals surface area contributed by atoms with E-state index in [0.717, 1.165) is 11.3 Å². The van der Waals surface area contributed by atoms with Gasteiger partial charge in [-0.25, -0.2) is 4.39 Å². The fraction of sp³-hybridized carbons (Fsp3) is 0.111. The van der Waals surface area contributed by atoms with Crippen LogP contribution in [0.15, 0.2) is 53.1 Å². The summed E-state index contributed by atoms with van der Waals surface area (Å²) in [5.41, 5.74) is 7.69. The summed E-state index contributed by atoms with van der Waals surface area (Å²) in [7, 11) is 0. The number of hydrogen-bond donors (Lipinski definition) is 1. The van der Waals surface area contributed by atoms with Gasteiger partial charge in [0.1, 0.15) is 11.6 Å². The van der Waals surface area contributed by atoms with Gasteiger partial charge < -0.3 is 15.0 Å². The first-order chi connectivity index (χ1) is 13.2. The van der Waals surface area contributed by atoms with E-state index in [2.05, 4.69) is 20.5 Å². The molecule has 2 aromatic heterocycles. The van der Waals surface area contributed by atoms with Gasteiger partial charge in [0.05, 0.1) is 12.3 Å². The topological polar surface area (TPSA) is 105 Å². The fourth-order valence-electron chi connectivity index (χ4n) is 2.52. The third-order valence-electron chi connectivity index (χ3n) is 3.83. The molecule has 0 aliphatic carbocycles. The molecule has 8 nitrogen and oxygen atoms in total. The van der Waals surface area contributed by atoms with E-state index in [9.17, 15) is 4.39 Å². The molecule has 136 valence electrons. The molecule has 2 heterocycles. The van der Waals surface area contributed by atoms with E-state index >= 15 is 0 Å². The van der Waals surface area contributed by atoms with Gasteiger partial charge >= 0.3 is 0 Å². The molecule has 0 amide bonds. The van der Waals surface area contributed by atoms with E-state index in [1.54, 1.807) is 12.1 Å². The van der Waals surface area contributed by atoms with Crippen molar-refractivity contribution in [3.63, 3.8) is 0 Å². The van der Waals surface area contributed by atoms with Crippen LogP contribution in [-0.4, -0.2) is 31.7 Å². The normalized spacial score (nSPS) is 10.9. The molecule has 2 N–H and O–H groups in total. The highest BCUT2D eigenvalue weighted by Crippen LogP contribution is 2.27. The largest absolute Gasteiger partial charge is 0.494 e. The van der Waals surface area contributed by atoms with Crippen molar-refractivity contribution in [1.82, 2.24) is 25.1 Å². The Morgan fingerprint density at radius 2 is 1.85 bits per heavy atom. The number of nitrogen functional groups attached to an aromatic ring is 1. The minimum Gasteiger partial charge on any atom is -0.494 e. The molecule has 0 saturated carbocycles. The minimum absolute atomic E-state index is 0.143. The van der Waals surface area contributed by atoms with E-state index < -0.39 is 0 Å². The summed E-state index contributed by atoms with van der Waals surface area (Å²) in [4.78, 5) is 4.33. The maximum Gasteiger partial charge on any atom is 0.282 e. The monoisotopic (exact) mass is 366 g/mol. The zero-order valence-electron chi connectivity index (χ0n) is 14.3. The van der Waals surface area contributed by atoms with Crippen molar-refractivity contribution < 1.29 is 13.7 Å². The smallest absolute Gasteiger partial charge is 0.282 e. The zero-order valence-corrected chi connectivity index (χ0v) is 14.3. The standard InChI is InChI=1S/C18H15FN6O2/c1-2-26-14-9-3-11(4-10-14)17-21-18(27-23-17)15-16(20)25(24-22-15)13-7-5-12(19)6-8-13/h3-10H,2,20H2,1H3. The highest BCUT2D eigenvalue weighted by Gasteiger charge is 2.19. The molecule has 4 aromatic rings. The summed E-state index contributed by atoms with van der Waals surface area (Å²) in [5, 5.41) is 12.0. The molecule has 0 atom stereocenters. The van der Waals surface area contributed by atoms with E-state index in [1.165, 1.54) is 16.8 Å². The summed E-state index contributed by atoms with van der Waals surface area (Å²) in [6.07, 6.45) is 0. The van der Waals surface area contributed by atoms with E-state index in [1.807, 2.05) is 31.2 Å². The van der Waals surface area contributed by atoms with Gasteiger partial charge in [0, 0.05) is 5.56 Å². The number of anilines is 1. The first kappa shape index (κ1) is 16.7. The molecule has 2 aromatic carbocycles. The van der Waals surface area contributed by atoms with Gasteiger partial charge in [0.2, 0.25) is 5.82 Å². The number of rotatable bonds is 5. The van der Waals surface area contributed by atoms with Crippen LogP contribution < -0.4 is 10.5 Å². The second-order valence-corrected chi connectivity index (χ2v) is 5.59. The van der Waals surface area contributed by atoms with Crippen LogP contribution in [-0.2, 0) is 0 Å². The fourth-order valence-corrected chi connectivity index (χ4v) is 2.52. The third kappa shape index (κ3) is 3.22. The van der Waals surface area contributed by atoms with Crippen LogP contribution in [0.25, 0.3) is 28.7 Å². The van der Waals surface area contributed by atoms with Gasteiger partial charge in [-0.3, -0.25) is 0 Å². The van der Waals surface area contributed by atoms with Crippen molar-refractivity contribution >= 4 is 5.82 Å². The number of hydrogen-bond acceptors (Lipinski definition) is 7. The quantitative estimate of drug-likeness (QED) is 0.578. The number of nitrogens with two attached hydrogens (primary N) is 1. The summed E-state index contributed by atoms with van der Waals surface area (Å²) in [5.74, 6) is 1.16. The van der Waals surface area contributed by atoms with E-state index in [-0.39, 0.29) is 23.2 Å². The lowest BCUT2D eigenvalue weighted by Crippen LogP contribution is -2.02. The Hall–Kier alpha value is -3.75. The molecule has 0 fully saturated rings. The Labute approximate surface area is 153 Å². The van der Waals surface area contributed by atoms with Gasteiger partial charge in [0.15, 0.2) is 11.5 Å². The second kappa shape index (κ2) is 6.87. The van der Waals surface area contributed by atoms with Crippen LogP contribution in [0.5, 0.6) is 5.75 Å². The van der Waals surface area contributed by atoms with Crippen LogP contribution in [0.3, 0.4) is 0 Å². The van der Waals surface area contributed by atoms with Gasteiger partial charge in [-0.05, 0) is 55.5 Å². The van der Waals surface area contributed by atoms with Crippen molar-refractivity contribution in [3.8, 4) is 34.4 Å². The minimum atomic E-state index is -0.352. The number of halogens is 1. The Balaban J connectivity index is 1.63. The zero-order chi connectivity index (χ0) is 18.8. The lowest BCUT2D eigenvalue weighted by Gasteiger charge is -2.02. The molecule has 27 heavy (non-hydrogen) atoms. The SMILES string of the molecule is CCOc1ccc(-c2noc(-c3nnn(-c4ccc(F)cc4)c3N)n2)cc1. The molecule has 0 aliphatic heterocycles. The van der Waals surface area contributed by atoms with Crippen LogP contribution >= 0.6 is 0 Å². The first-order valence-electron chi connectivity index (χ1n) is 8.20. The Bertz CT molecular complexity index is 1060. The maximum atomic E-state index is 13.1. The number of ether oxygens (including phenoxy) is 1. The Kier molecular flexibility index (Phi) is 4.25. The molecule has 4 rings (SSSR count). The van der Waals surface area contributed by atoms with Gasteiger partial charge in [-0.1, -0.05) is 10.4 Å². The summed E-state index contributed by atoms with van der Waals surface area (Å²) >= 11 is 0. The maximum absolute atomic E-state index is 13.1. The highest BCUT2D eigenvalue weighted by atomic mass is 19.1. The molecule has 0 bridgehead atoms. The molecule has 0 unspecified atom stereocenters. The van der Waals surface area contributed by atoms with Crippen molar-refractivity contribution in [1.29, 1.82) is 0 Å². The van der Waals surface area contributed by atoms with Crippen LogP contribution in [0.1, 0.15) is 6.92 Å². The van der Waals surface area contributed by atoms with Crippen LogP contribution in [0.2, 0.25) is 0 Å². The molecular formula is C18H15FN6O2. The van der Waals surface area contributed by atoms with Crippen molar-refractivity contribution in [2.75, 3.05) is 12.3 Å². The van der Waals surface area contributed by atoms with Crippen LogP contribution in [0.4, 0.5) is 10.2 Å². The number of aromatic nitrogens is 5. The first-order valence-corrected chi connectivity index (χ1v) is 8.20. The number of nitrogens with zero attached hydrogens (tertiary/aromatic N) is 5. The van der Waals surface area contributed by atoms with E-state index in [0.29, 0.717) is 18.1 Å². The summed E-state index contributed by atoms with van der Waals surface area (Å²) < 4.78 is 25.2. The van der Waals surface area contributed by atoms with Gasteiger partial charge in [0.25, 0.3) is 5.89 Å². The van der Waals surface area contributed by atoms with Crippen molar-refractivity contribution in [2.45, 2.75) is 6.92 Å². The van der Waals surface area contributed by atoms with Crippen molar-refractivity contribution in [2.24, 2.45) is 0 Å². The predicted molar refractivity (Wildman–Crippen MR) is 95.6 cm³/mol. The average molecular weight is 366 g/mol. The molecular weight excluding hydrogens is 351 g/mol.